The Labute approximate surface area is 118 Å². The average molecular weight is 292 g/mol. The van der Waals surface area contributed by atoms with E-state index in [0.717, 1.165) is 5.00 Å². The number of carbonyl (C=O) groups excluding carboxylic acids is 2. The van der Waals surface area contributed by atoms with Gasteiger partial charge in [-0.2, -0.15) is 0 Å². The lowest BCUT2D eigenvalue weighted by atomic mass is 10.3. The highest BCUT2D eigenvalue weighted by molar-refractivity contribution is 7.14. The fourth-order valence-corrected chi connectivity index (χ4v) is 2.80. The summed E-state index contributed by atoms with van der Waals surface area (Å²) in [6, 6.07) is 3.79. The van der Waals surface area contributed by atoms with Crippen molar-refractivity contribution in [1.82, 2.24) is 15.1 Å². The first-order valence-electron chi connectivity index (χ1n) is 6.08. The molecule has 1 aliphatic rings. The van der Waals surface area contributed by atoms with Crippen molar-refractivity contribution in [3.05, 3.63) is 29.3 Å². The molecule has 3 rings (SSSR count). The lowest BCUT2D eigenvalue weighted by Gasteiger charge is -2.32. The van der Waals surface area contributed by atoms with Crippen LogP contribution in [0.4, 0.5) is 5.00 Å². The van der Waals surface area contributed by atoms with Gasteiger partial charge in [-0.05, 0) is 17.5 Å². The van der Waals surface area contributed by atoms with Crippen LogP contribution in [0.15, 0.2) is 21.9 Å². The van der Waals surface area contributed by atoms with Crippen LogP contribution in [0, 0.1) is 6.92 Å². The van der Waals surface area contributed by atoms with Crippen molar-refractivity contribution in [3.8, 4) is 0 Å². The van der Waals surface area contributed by atoms with E-state index in [2.05, 4.69) is 10.2 Å². The third-order valence-electron chi connectivity index (χ3n) is 2.99. The van der Waals surface area contributed by atoms with Crippen molar-refractivity contribution >= 4 is 28.2 Å². The number of hydrogen-bond acceptors (Lipinski definition) is 6. The molecule has 0 unspecified atom stereocenters. The molecule has 7 nitrogen and oxygen atoms in total. The highest BCUT2D eigenvalue weighted by Gasteiger charge is 2.31. The van der Waals surface area contributed by atoms with E-state index in [9.17, 15) is 9.59 Å². The van der Waals surface area contributed by atoms with Gasteiger partial charge in [-0.1, -0.05) is 0 Å². The molecule has 1 aliphatic heterocycles. The summed E-state index contributed by atoms with van der Waals surface area (Å²) < 4.78 is 5.10. The summed E-state index contributed by atoms with van der Waals surface area (Å²) in [6.45, 7) is 2.56. The maximum absolute atomic E-state index is 12.1. The SMILES string of the molecule is Cc1nnc(C(=O)N2CCN(c3cccs3)C(=O)C2)o1. The number of aromatic nitrogens is 2. The van der Waals surface area contributed by atoms with Gasteiger partial charge in [-0.25, -0.2) is 0 Å². The minimum absolute atomic E-state index is 0.0260. The van der Waals surface area contributed by atoms with Crippen LogP contribution in [0.2, 0.25) is 0 Å². The van der Waals surface area contributed by atoms with Crippen LogP contribution in [0.1, 0.15) is 16.6 Å². The molecule has 0 aromatic carbocycles. The smallest absolute Gasteiger partial charge is 0.311 e. The molecule has 104 valence electrons. The average Bonchev–Trinajstić information content (AvgIpc) is 3.09. The minimum Gasteiger partial charge on any atom is -0.417 e. The molecule has 0 aliphatic carbocycles. The van der Waals surface area contributed by atoms with E-state index in [1.54, 1.807) is 11.8 Å². The molecule has 2 aromatic heterocycles. The maximum Gasteiger partial charge on any atom is 0.311 e. The zero-order chi connectivity index (χ0) is 14.1. The topological polar surface area (TPSA) is 79.5 Å². The van der Waals surface area contributed by atoms with Crippen LogP contribution in [-0.2, 0) is 4.79 Å². The third kappa shape index (κ3) is 2.29. The number of carbonyl (C=O) groups is 2. The maximum atomic E-state index is 12.1. The Kier molecular flexibility index (Phi) is 3.23. The van der Waals surface area contributed by atoms with Crippen LogP contribution in [0.3, 0.4) is 0 Å². The Morgan fingerprint density at radius 2 is 2.25 bits per heavy atom. The third-order valence-corrected chi connectivity index (χ3v) is 3.88. The van der Waals surface area contributed by atoms with Crippen molar-refractivity contribution in [3.63, 3.8) is 0 Å². The standard InChI is InChI=1S/C12H12N4O3S/c1-8-13-14-11(19-8)12(18)15-4-5-16(9(17)7-15)10-3-2-6-20-10/h2-3,6H,4-5,7H2,1H3. The van der Waals surface area contributed by atoms with Gasteiger partial charge < -0.3 is 14.2 Å². The highest BCUT2D eigenvalue weighted by Crippen LogP contribution is 2.23. The van der Waals surface area contributed by atoms with Gasteiger partial charge in [0.25, 0.3) is 0 Å². The van der Waals surface area contributed by atoms with Crippen molar-refractivity contribution in [2.24, 2.45) is 0 Å². The van der Waals surface area contributed by atoms with Crippen LogP contribution in [-0.4, -0.2) is 46.5 Å². The number of nitrogens with zero attached hydrogens (tertiary/aromatic N) is 4. The second kappa shape index (κ2) is 5.04. The summed E-state index contributed by atoms with van der Waals surface area (Å²) in [5.74, 6) is -0.246. The van der Waals surface area contributed by atoms with Crippen molar-refractivity contribution in [2.75, 3.05) is 24.5 Å². The van der Waals surface area contributed by atoms with Crippen LogP contribution >= 0.6 is 11.3 Å². The molecule has 0 spiro atoms. The highest BCUT2D eigenvalue weighted by atomic mass is 32.1. The summed E-state index contributed by atoms with van der Waals surface area (Å²) in [5, 5.41) is 10.1. The Hall–Kier alpha value is -2.22. The quantitative estimate of drug-likeness (QED) is 0.822. The lowest BCUT2D eigenvalue weighted by molar-refractivity contribution is -0.120. The Bertz CT molecular complexity index is 637. The summed E-state index contributed by atoms with van der Waals surface area (Å²) in [5.41, 5.74) is 0. The van der Waals surface area contributed by atoms with E-state index < -0.39 is 5.91 Å². The number of aryl methyl sites for hydroxylation is 1. The van der Waals surface area contributed by atoms with Crippen LogP contribution in [0.5, 0.6) is 0 Å². The molecule has 0 N–H and O–H groups in total. The molecule has 0 saturated carbocycles. The number of rotatable bonds is 2. The molecule has 2 aromatic rings. The monoisotopic (exact) mass is 292 g/mol. The second-order valence-corrected chi connectivity index (χ2v) is 5.28. The van der Waals surface area contributed by atoms with Crippen molar-refractivity contribution in [2.45, 2.75) is 6.92 Å². The largest absolute Gasteiger partial charge is 0.417 e. The zero-order valence-electron chi connectivity index (χ0n) is 10.8. The molecule has 0 radical (unpaired) electrons. The van der Waals surface area contributed by atoms with E-state index in [-0.39, 0.29) is 18.3 Å². The number of anilines is 1. The van der Waals surface area contributed by atoms with Gasteiger partial charge in [0.1, 0.15) is 6.54 Å². The predicted octanol–water partition coefficient (Wildman–Crippen LogP) is 0.929. The molecule has 20 heavy (non-hydrogen) atoms. The van der Waals surface area contributed by atoms with Gasteiger partial charge in [0.05, 0.1) is 5.00 Å². The molecule has 8 heteroatoms. The minimum atomic E-state index is -0.398. The van der Waals surface area contributed by atoms with E-state index >= 15 is 0 Å². The van der Waals surface area contributed by atoms with E-state index in [4.69, 9.17) is 4.42 Å². The van der Waals surface area contributed by atoms with Crippen molar-refractivity contribution < 1.29 is 14.0 Å². The molecule has 0 atom stereocenters. The zero-order valence-corrected chi connectivity index (χ0v) is 11.6. The summed E-state index contributed by atoms with van der Waals surface area (Å²) in [4.78, 5) is 27.3. The van der Waals surface area contributed by atoms with Gasteiger partial charge in [-0.3, -0.25) is 9.59 Å². The first-order valence-corrected chi connectivity index (χ1v) is 6.96. The number of piperazine rings is 1. The predicted molar refractivity (Wildman–Crippen MR) is 71.6 cm³/mol. The van der Waals surface area contributed by atoms with Gasteiger partial charge in [0, 0.05) is 20.0 Å². The molecule has 0 bridgehead atoms. The first-order chi connectivity index (χ1) is 9.65. The summed E-state index contributed by atoms with van der Waals surface area (Å²) >= 11 is 1.50. The first kappa shape index (κ1) is 12.8. The van der Waals surface area contributed by atoms with Crippen LogP contribution < -0.4 is 4.90 Å². The van der Waals surface area contributed by atoms with Crippen molar-refractivity contribution in [1.29, 1.82) is 0 Å². The van der Waals surface area contributed by atoms with E-state index in [1.165, 1.54) is 16.2 Å². The molecular formula is C12H12N4O3S. The number of hydrogen-bond donors (Lipinski definition) is 0. The molecule has 2 amide bonds. The summed E-state index contributed by atoms with van der Waals surface area (Å²) in [7, 11) is 0. The Balaban J connectivity index is 1.71. The molecule has 1 fully saturated rings. The van der Waals surface area contributed by atoms with Gasteiger partial charge in [0.2, 0.25) is 11.8 Å². The molecular weight excluding hydrogens is 280 g/mol. The molecule has 1 saturated heterocycles. The Morgan fingerprint density at radius 3 is 2.85 bits per heavy atom. The van der Waals surface area contributed by atoms with Crippen LogP contribution in [0.25, 0.3) is 0 Å². The van der Waals surface area contributed by atoms with E-state index in [0.29, 0.717) is 19.0 Å². The number of amides is 2. The molecule has 3 heterocycles. The fourth-order valence-electron chi connectivity index (χ4n) is 2.02. The second-order valence-electron chi connectivity index (χ2n) is 4.35. The lowest BCUT2D eigenvalue weighted by Crippen LogP contribution is -2.52. The normalized spacial score (nSPS) is 15.8. The van der Waals surface area contributed by atoms with Gasteiger partial charge in [0.15, 0.2) is 0 Å². The number of thiophene rings is 1. The van der Waals surface area contributed by atoms with E-state index in [1.807, 2.05) is 17.5 Å². The van der Waals surface area contributed by atoms with Gasteiger partial charge >= 0.3 is 11.8 Å². The Morgan fingerprint density at radius 1 is 1.40 bits per heavy atom. The fraction of sp³-hybridized carbons (Fsp3) is 0.333. The van der Waals surface area contributed by atoms with Gasteiger partial charge in [-0.15, -0.1) is 21.5 Å². The summed E-state index contributed by atoms with van der Waals surface area (Å²) in [6.07, 6.45) is 0.